The Morgan fingerprint density at radius 2 is 2.00 bits per heavy atom. The maximum absolute atomic E-state index is 12.9. The van der Waals surface area contributed by atoms with Crippen molar-refractivity contribution in [2.45, 2.75) is 52.1 Å². The first-order valence-electron chi connectivity index (χ1n) is 8.76. The van der Waals surface area contributed by atoms with E-state index < -0.39 is 0 Å². The Bertz CT molecular complexity index is 708. The van der Waals surface area contributed by atoms with Crippen LogP contribution in [-0.4, -0.2) is 45.7 Å². The fraction of sp³-hybridized carbons (Fsp3) is 0.722. The summed E-state index contributed by atoms with van der Waals surface area (Å²) in [7, 11) is 1.75. The summed E-state index contributed by atoms with van der Waals surface area (Å²) in [4.78, 5) is 31.9. The first kappa shape index (κ1) is 17.1. The summed E-state index contributed by atoms with van der Waals surface area (Å²) in [6, 6.07) is 0. The summed E-state index contributed by atoms with van der Waals surface area (Å²) < 4.78 is 7.32. The zero-order chi connectivity index (χ0) is 17.5. The molecule has 132 valence electrons. The number of ether oxygens (including phenoxy) is 1. The van der Waals surface area contributed by atoms with Crippen molar-refractivity contribution in [2.75, 3.05) is 19.7 Å². The Kier molecular flexibility index (Phi) is 4.51. The third-order valence-corrected chi connectivity index (χ3v) is 5.30. The van der Waals surface area contributed by atoms with E-state index in [-0.39, 0.29) is 23.0 Å². The molecule has 1 aromatic heterocycles. The Morgan fingerprint density at radius 3 is 2.71 bits per heavy atom. The van der Waals surface area contributed by atoms with Crippen molar-refractivity contribution in [1.29, 1.82) is 0 Å². The lowest BCUT2D eigenvalue weighted by Crippen LogP contribution is -2.44. The van der Waals surface area contributed by atoms with E-state index in [1.54, 1.807) is 11.6 Å². The SMILES string of the molecule is Cc1nc2c(c(=O)n1C)CCN(C(=O)[C@H]1CCOC(C)(C)C1)CC2. The van der Waals surface area contributed by atoms with Gasteiger partial charge in [0.05, 0.1) is 11.3 Å². The van der Waals surface area contributed by atoms with Crippen LogP contribution in [0.2, 0.25) is 0 Å². The highest BCUT2D eigenvalue weighted by molar-refractivity contribution is 5.79. The number of nitrogens with zero attached hydrogens (tertiary/aromatic N) is 3. The third kappa shape index (κ3) is 3.24. The van der Waals surface area contributed by atoms with Gasteiger partial charge >= 0.3 is 0 Å². The summed E-state index contributed by atoms with van der Waals surface area (Å²) in [6.45, 7) is 7.81. The monoisotopic (exact) mass is 333 g/mol. The van der Waals surface area contributed by atoms with Crippen LogP contribution < -0.4 is 5.56 Å². The highest BCUT2D eigenvalue weighted by Gasteiger charge is 2.35. The average molecular weight is 333 g/mol. The second-order valence-corrected chi connectivity index (χ2v) is 7.57. The van der Waals surface area contributed by atoms with Crippen molar-refractivity contribution in [3.8, 4) is 0 Å². The first-order valence-corrected chi connectivity index (χ1v) is 8.76. The van der Waals surface area contributed by atoms with Gasteiger partial charge < -0.3 is 9.64 Å². The quantitative estimate of drug-likeness (QED) is 0.775. The van der Waals surface area contributed by atoms with E-state index in [0.717, 1.165) is 29.9 Å². The minimum Gasteiger partial charge on any atom is -0.376 e. The van der Waals surface area contributed by atoms with Gasteiger partial charge in [0.25, 0.3) is 5.56 Å². The van der Waals surface area contributed by atoms with Gasteiger partial charge in [0.1, 0.15) is 5.82 Å². The van der Waals surface area contributed by atoms with Crippen LogP contribution in [0.25, 0.3) is 0 Å². The summed E-state index contributed by atoms with van der Waals surface area (Å²) in [5.41, 5.74) is 1.42. The molecule has 0 N–H and O–H groups in total. The molecule has 0 spiro atoms. The molecule has 1 saturated heterocycles. The van der Waals surface area contributed by atoms with Gasteiger partial charge in [-0.05, 0) is 40.0 Å². The van der Waals surface area contributed by atoms with Crippen LogP contribution in [0.1, 0.15) is 43.8 Å². The summed E-state index contributed by atoms with van der Waals surface area (Å²) >= 11 is 0. The van der Waals surface area contributed by atoms with Gasteiger partial charge in [-0.3, -0.25) is 14.2 Å². The molecule has 1 atom stereocenters. The number of hydrogen-bond acceptors (Lipinski definition) is 4. The smallest absolute Gasteiger partial charge is 0.256 e. The standard InChI is InChI=1S/C18H27N3O3/c1-12-19-15-6-9-21(8-5-14(15)17(23)20(12)4)16(22)13-7-10-24-18(2,3)11-13/h13H,5-11H2,1-4H3/t13-/m0/s1. The number of amides is 1. The molecule has 0 radical (unpaired) electrons. The van der Waals surface area contributed by atoms with Gasteiger partial charge in [-0.15, -0.1) is 0 Å². The fourth-order valence-corrected chi connectivity index (χ4v) is 3.79. The van der Waals surface area contributed by atoms with Gasteiger partial charge in [0.15, 0.2) is 0 Å². The Balaban J connectivity index is 1.76. The first-order chi connectivity index (χ1) is 11.3. The Labute approximate surface area is 142 Å². The minimum atomic E-state index is -0.234. The fourth-order valence-electron chi connectivity index (χ4n) is 3.79. The largest absolute Gasteiger partial charge is 0.376 e. The second-order valence-electron chi connectivity index (χ2n) is 7.57. The zero-order valence-corrected chi connectivity index (χ0v) is 15.1. The normalized spacial score (nSPS) is 23.5. The lowest BCUT2D eigenvalue weighted by atomic mass is 9.87. The van der Waals surface area contributed by atoms with Crippen molar-refractivity contribution < 1.29 is 9.53 Å². The second kappa shape index (κ2) is 6.31. The summed E-state index contributed by atoms with van der Waals surface area (Å²) in [5.74, 6) is 0.949. The van der Waals surface area contributed by atoms with Crippen LogP contribution in [0.5, 0.6) is 0 Å². The van der Waals surface area contributed by atoms with Crippen molar-refractivity contribution >= 4 is 5.91 Å². The van der Waals surface area contributed by atoms with Crippen LogP contribution in [-0.2, 0) is 29.4 Å². The molecule has 3 rings (SSSR count). The molecular formula is C18H27N3O3. The molecule has 1 amide bonds. The van der Waals surface area contributed by atoms with Crippen LogP contribution >= 0.6 is 0 Å². The van der Waals surface area contributed by atoms with Crippen LogP contribution in [0.4, 0.5) is 0 Å². The minimum absolute atomic E-state index is 0.0208. The maximum Gasteiger partial charge on any atom is 0.256 e. The van der Waals surface area contributed by atoms with Crippen molar-refractivity contribution in [2.24, 2.45) is 13.0 Å². The molecule has 1 aromatic rings. The average Bonchev–Trinajstić information content (AvgIpc) is 2.74. The van der Waals surface area contributed by atoms with Crippen molar-refractivity contribution in [1.82, 2.24) is 14.5 Å². The van der Waals surface area contributed by atoms with Crippen molar-refractivity contribution in [3.05, 3.63) is 27.4 Å². The zero-order valence-electron chi connectivity index (χ0n) is 15.1. The van der Waals surface area contributed by atoms with Crippen LogP contribution in [0.3, 0.4) is 0 Å². The number of rotatable bonds is 1. The summed E-state index contributed by atoms with van der Waals surface area (Å²) in [5, 5.41) is 0. The van der Waals surface area contributed by atoms with Gasteiger partial charge in [0.2, 0.25) is 5.91 Å². The van der Waals surface area contributed by atoms with Crippen molar-refractivity contribution in [3.63, 3.8) is 0 Å². The number of aryl methyl sites for hydroxylation is 1. The van der Waals surface area contributed by atoms with E-state index >= 15 is 0 Å². The summed E-state index contributed by atoms with van der Waals surface area (Å²) in [6.07, 6.45) is 2.79. The van der Waals surface area contributed by atoms with Gasteiger partial charge in [-0.2, -0.15) is 0 Å². The molecule has 2 aliphatic heterocycles. The molecule has 0 aliphatic carbocycles. The molecule has 0 bridgehead atoms. The van der Waals surface area contributed by atoms with E-state index in [1.165, 1.54) is 0 Å². The molecule has 24 heavy (non-hydrogen) atoms. The van der Waals surface area contributed by atoms with E-state index in [2.05, 4.69) is 4.98 Å². The predicted octanol–water partition coefficient (Wildman–Crippen LogP) is 1.22. The van der Waals surface area contributed by atoms with E-state index in [9.17, 15) is 9.59 Å². The van der Waals surface area contributed by atoms with E-state index in [1.807, 2.05) is 25.7 Å². The topological polar surface area (TPSA) is 64.4 Å². The number of aromatic nitrogens is 2. The molecule has 3 heterocycles. The van der Waals surface area contributed by atoms with Crippen LogP contribution in [0, 0.1) is 12.8 Å². The predicted molar refractivity (Wildman–Crippen MR) is 91.0 cm³/mol. The van der Waals surface area contributed by atoms with Gasteiger partial charge in [-0.25, -0.2) is 4.98 Å². The number of carbonyl (C=O) groups excluding carboxylic acids is 1. The molecule has 6 nitrogen and oxygen atoms in total. The molecule has 1 fully saturated rings. The Morgan fingerprint density at radius 1 is 1.29 bits per heavy atom. The molecular weight excluding hydrogens is 306 g/mol. The number of fused-ring (bicyclic) bond motifs is 1. The number of hydrogen-bond donors (Lipinski definition) is 0. The lowest BCUT2D eigenvalue weighted by molar-refractivity contribution is -0.145. The van der Waals surface area contributed by atoms with Gasteiger partial charge in [-0.1, -0.05) is 0 Å². The molecule has 2 aliphatic rings. The van der Waals surface area contributed by atoms with E-state index in [0.29, 0.717) is 32.5 Å². The Hall–Kier alpha value is -1.69. The third-order valence-electron chi connectivity index (χ3n) is 5.30. The highest BCUT2D eigenvalue weighted by atomic mass is 16.5. The highest BCUT2D eigenvalue weighted by Crippen LogP contribution is 2.30. The van der Waals surface area contributed by atoms with E-state index in [4.69, 9.17) is 4.74 Å². The molecule has 6 heteroatoms. The number of carbonyl (C=O) groups is 1. The maximum atomic E-state index is 12.9. The van der Waals surface area contributed by atoms with Crippen LogP contribution in [0.15, 0.2) is 4.79 Å². The molecule has 0 unspecified atom stereocenters. The molecule has 0 saturated carbocycles. The lowest BCUT2D eigenvalue weighted by Gasteiger charge is -2.37. The molecule has 0 aromatic carbocycles. The van der Waals surface area contributed by atoms with Gasteiger partial charge in [0, 0.05) is 44.6 Å².